The summed E-state index contributed by atoms with van der Waals surface area (Å²) in [4.78, 5) is 12.8. The molecule has 0 aliphatic carbocycles. The number of anilines is 1. The molecule has 10 heteroatoms. The second-order valence-electron chi connectivity index (χ2n) is 4.63. The van der Waals surface area contributed by atoms with E-state index < -0.39 is 31.1 Å². The first kappa shape index (κ1) is 15.6. The molecule has 3 N–H and O–H groups in total. The Bertz CT molecular complexity index is 545. The Morgan fingerprint density at radius 3 is 3.00 bits per heavy atom. The van der Waals surface area contributed by atoms with Gasteiger partial charge in [-0.2, -0.15) is 0 Å². The van der Waals surface area contributed by atoms with E-state index in [4.69, 9.17) is 22.1 Å². The van der Waals surface area contributed by atoms with E-state index in [-0.39, 0.29) is 17.6 Å². The molecule has 1 saturated heterocycles. The fourth-order valence-electron chi connectivity index (χ4n) is 2.08. The maximum atomic E-state index is 13.5. The molecular weight excluding hydrogens is 308 g/mol. The van der Waals surface area contributed by atoms with Crippen molar-refractivity contribution in [2.45, 2.75) is 12.0 Å². The monoisotopic (exact) mass is 321 g/mol. The molecule has 116 valence electrons. The zero-order valence-corrected chi connectivity index (χ0v) is 11.9. The second-order valence-corrected chi connectivity index (χ2v) is 4.99. The predicted molar refractivity (Wildman–Crippen MR) is 71.1 cm³/mol. The quantitative estimate of drug-likeness (QED) is 0.865. The smallest absolute Gasteiger partial charge is 0.318 e. The Hall–Kier alpha value is -1.74. The van der Waals surface area contributed by atoms with Crippen molar-refractivity contribution in [3.63, 3.8) is 0 Å². The fourth-order valence-corrected chi connectivity index (χ4v) is 2.30. The highest BCUT2D eigenvalue weighted by Gasteiger charge is 2.42. The number of nitrogens with one attached hydrogen (secondary N) is 1. The molecule has 1 atom stereocenters. The van der Waals surface area contributed by atoms with Crippen molar-refractivity contribution in [2.24, 2.45) is 0 Å². The summed E-state index contributed by atoms with van der Waals surface area (Å²) < 4.78 is 32.1. The van der Waals surface area contributed by atoms with Crippen LogP contribution in [0.1, 0.15) is 11.6 Å². The van der Waals surface area contributed by atoms with Crippen molar-refractivity contribution in [3.05, 3.63) is 16.8 Å². The Labute approximate surface area is 124 Å². The largest absolute Gasteiger partial charge is 0.382 e. The zero-order valence-electron chi connectivity index (χ0n) is 11.1. The number of ether oxygens (including phenoxy) is 1. The van der Waals surface area contributed by atoms with Crippen LogP contribution in [0, 0.1) is 0 Å². The number of hydrogen-bond acceptors (Lipinski definition) is 5. The van der Waals surface area contributed by atoms with E-state index in [9.17, 15) is 13.6 Å². The normalized spacial score (nSPS) is 19.2. The molecule has 21 heavy (non-hydrogen) atoms. The van der Waals surface area contributed by atoms with Crippen LogP contribution < -0.4 is 11.1 Å². The fraction of sp³-hybridized carbons (Fsp3) is 0.545. The van der Waals surface area contributed by atoms with E-state index in [1.54, 1.807) is 0 Å². The van der Waals surface area contributed by atoms with Gasteiger partial charge in [-0.05, 0) is 6.07 Å². The maximum absolute atomic E-state index is 13.5. The summed E-state index contributed by atoms with van der Waals surface area (Å²) in [5.74, 6) is -2.97. The van der Waals surface area contributed by atoms with Gasteiger partial charge in [0.15, 0.2) is 5.15 Å². The van der Waals surface area contributed by atoms with Crippen molar-refractivity contribution >= 4 is 23.4 Å². The highest BCUT2D eigenvalue weighted by Crippen LogP contribution is 2.31. The Morgan fingerprint density at radius 2 is 2.33 bits per heavy atom. The number of aromatic nitrogens is 2. The van der Waals surface area contributed by atoms with Gasteiger partial charge in [-0.3, -0.25) is 0 Å². The number of nitrogens with two attached hydrogens (primary N) is 1. The maximum Gasteiger partial charge on any atom is 0.318 e. The molecule has 2 heterocycles. The molecule has 0 spiro atoms. The van der Waals surface area contributed by atoms with Gasteiger partial charge in [0.05, 0.1) is 25.7 Å². The van der Waals surface area contributed by atoms with Gasteiger partial charge in [-0.15, -0.1) is 10.2 Å². The van der Waals surface area contributed by atoms with Gasteiger partial charge in [0.25, 0.3) is 5.92 Å². The number of alkyl halides is 2. The number of carbonyl (C=O) groups is 1. The van der Waals surface area contributed by atoms with E-state index in [1.165, 1.54) is 13.2 Å². The second kappa shape index (κ2) is 5.94. The summed E-state index contributed by atoms with van der Waals surface area (Å²) >= 11 is 5.93. The molecule has 1 aliphatic heterocycles. The number of carbonyl (C=O) groups excluding carboxylic acids is 1. The lowest BCUT2D eigenvalue weighted by Gasteiger charge is -2.38. The van der Waals surface area contributed by atoms with E-state index in [1.807, 2.05) is 0 Å². The molecule has 7 nitrogen and oxygen atoms in total. The molecule has 0 aromatic carbocycles. The molecule has 0 radical (unpaired) electrons. The Morgan fingerprint density at radius 1 is 1.62 bits per heavy atom. The number of nitrogens with zero attached hydrogens (tertiary/aromatic N) is 3. The lowest BCUT2D eigenvalue weighted by atomic mass is 10.1. The lowest BCUT2D eigenvalue weighted by Crippen LogP contribution is -2.58. The minimum atomic E-state index is -3.04. The van der Waals surface area contributed by atoms with Crippen LogP contribution in [0.4, 0.5) is 19.4 Å². The molecule has 1 aromatic heterocycles. The van der Waals surface area contributed by atoms with Gasteiger partial charge in [0.1, 0.15) is 5.82 Å². The number of urea groups is 1. The van der Waals surface area contributed by atoms with Crippen LogP contribution in [0.5, 0.6) is 0 Å². The first-order valence-corrected chi connectivity index (χ1v) is 6.41. The number of halogens is 3. The molecule has 1 aromatic rings. The van der Waals surface area contributed by atoms with Crippen LogP contribution in [0.3, 0.4) is 0 Å². The van der Waals surface area contributed by atoms with Crippen LogP contribution in [-0.2, 0) is 4.74 Å². The summed E-state index contributed by atoms with van der Waals surface area (Å²) in [5.41, 5.74) is 5.84. The van der Waals surface area contributed by atoms with E-state index in [0.29, 0.717) is 5.56 Å². The van der Waals surface area contributed by atoms with Crippen molar-refractivity contribution in [3.8, 4) is 0 Å². The molecule has 2 amide bonds. The zero-order chi connectivity index (χ0) is 15.6. The average Bonchev–Trinajstić information content (AvgIpc) is 2.42. The summed E-state index contributed by atoms with van der Waals surface area (Å²) in [6, 6.07) is -0.0834. The molecule has 0 bridgehead atoms. The topological polar surface area (TPSA) is 93.4 Å². The number of amides is 2. The first-order chi connectivity index (χ1) is 9.84. The summed E-state index contributed by atoms with van der Waals surface area (Å²) in [6.45, 7) is -1.48. The van der Waals surface area contributed by atoms with Gasteiger partial charge in [-0.25, -0.2) is 13.6 Å². The number of methoxy groups -OCH3 is 1. The highest BCUT2D eigenvalue weighted by molar-refractivity contribution is 6.30. The third-order valence-electron chi connectivity index (χ3n) is 3.02. The molecule has 1 unspecified atom stereocenters. The molecule has 1 fully saturated rings. The van der Waals surface area contributed by atoms with Crippen LogP contribution in [0.15, 0.2) is 6.07 Å². The third kappa shape index (κ3) is 3.48. The van der Waals surface area contributed by atoms with Crippen molar-refractivity contribution in [1.82, 2.24) is 20.4 Å². The average molecular weight is 322 g/mol. The van der Waals surface area contributed by atoms with Crippen LogP contribution in [0.25, 0.3) is 0 Å². The van der Waals surface area contributed by atoms with E-state index in [2.05, 4.69) is 15.5 Å². The number of hydrogen-bond donors (Lipinski definition) is 2. The minimum Gasteiger partial charge on any atom is -0.382 e. The van der Waals surface area contributed by atoms with Gasteiger partial charge >= 0.3 is 6.03 Å². The molecular formula is C11H14ClF2N5O2. The Kier molecular flexibility index (Phi) is 4.43. The van der Waals surface area contributed by atoms with Gasteiger partial charge in [0, 0.05) is 12.7 Å². The van der Waals surface area contributed by atoms with Crippen LogP contribution in [-0.4, -0.2) is 53.9 Å². The van der Waals surface area contributed by atoms with Crippen molar-refractivity contribution < 1.29 is 18.3 Å². The van der Waals surface area contributed by atoms with Gasteiger partial charge < -0.3 is 20.7 Å². The van der Waals surface area contributed by atoms with E-state index >= 15 is 0 Å². The highest BCUT2D eigenvalue weighted by atomic mass is 35.5. The minimum absolute atomic E-state index is 0.0204. The Balaban J connectivity index is 2.37. The number of nitrogen functional groups attached to an aromatic ring is 1. The third-order valence-corrected chi connectivity index (χ3v) is 3.31. The van der Waals surface area contributed by atoms with Crippen molar-refractivity contribution in [2.75, 3.05) is 32.5 Å². The first-order valence-electron chi connectivity index (χ1n) is 6.04. The van der Waals surface area contributed by atoms with Gasteiger partial charge in [-0.1, -0.05) is 11.6 Å². The van der Waals surface area contributed by atoms with E-state index in [0.717, 1.165) is 4.90 Å². The standard InChI is InChI=1S/C11H14ClF2N5O2/c1-21-3-7(6-2-8(15)17-18-9(6)12)19-5-11(13,14)4-16-10(19)20/h2,7H,3-5H2,1H3,(H2,15,17)(H,16,20). The van der Waals surface area contributed by atoms with Crippen LogP contribution in [0.2, 0.25) is 5.15 Å². The molecule has 1 aliphatic rings. The summed E-state index contributed by atoms with van der Waals surface area (Å²) in [5, 5.41) is 9.31. The number of rotatable bonds is 4. The lowest BCUT2D eigenvalue weighted by molar-refractivity contribution is -0.0509. The van der Waals surface area contributed by atoms with Crippen molar-refractivity contribution in [1.29, 1.82) is 0 Å². The van der Waals surface area contributed by atoms with Gasteiger partial charge in [0.2, 0.25) is 0 Å². The summed E-state index contributed by atoms with van der Waals surface area (Å²) in [6.07, 6.45) is 0. The predicted octanol–water partition coefficient (Wildman–Crippen LogP) is 1.06. The molecule has 0 saturated carbocycles. The molecule has 2 rings (SSSR count). The SMILES string of the molecule is COCC(c1cc(N)nnc1Cl)N1CC(F)(F)CNC1=O. The van der Waals surface area contributed by atoms with Crippen LogP contribution >= 0.6 is 11.6 Å². The summed E-state index contributed by atoms with van der Waals surface area (Å²) in [7, 11) is 1.39.